The van der Waals surface area contributed by atoms with Crippen molar-refractivity contribution in [1.82, 2.24) is 25.0 Å². The summed E-state index contributed by atoms with van der Waals surface area (Å²) in [7, 11) is 0. The number of ether oxygens (including phenoxy) is 1. The number of fused-ring (bicyclic) bond motifs is 1. The van der Waals surface area contributed by atoms with Crippen molar-refractivity contribution in [3.63, 3.8) is 0 Å². The molecule has 0 saturated carbocycles. The van der Waals surface area contributed by atoms with Gasteiger partial charge >= 0.3 is 6.09 Å². The summed E-state index contributed by atoms with van der Waals surface area (Å²) >= 11 is 0. The van der Waals surface area contributed by atoms with Crippen LogP contribution < -0.4 is 5.32 Å². The summed E-state index contributed by atoms with van der Waals surface area (Å²) in [5.74, 6) is 1.07. The van der Waals surface area contributed by atoms with E-state index in [1.807, 2.05) is 63.9 Å². The maximum Gasteiger partial charge on any atom is 0.410 e. The maximum absolute atomic E-state index is 13.4. The molecule has 10 heteroatoms. The van der Waals surface area contributed by atoms with Crippen molar-refractivity contribution < 1.29 is 14.3 Å². The Morgan fingerprint density at radius 2 is 1.70 bits per heavy atom. The Bertz CT molecular complexity index is 1580. The molecule has 3 aromatic rings. The van der Waals surface area contributed by atoms with Gasteiger partial charge in [-0.05, 0) is 90.5 Å². The average Bonchev–Trinajstić information content (AvgIpc) is 3.01. The van der Waals surface area contributed by atoms with Gasteiger partial charge in [0.1, 0.15) is 5.60 Å². The van der Waals surface area contributed by atoms with Gasteiger partial charge in [0.15, 0.2) is 5.82 Å². The fourth-order valence-corrected chi connectivity index (χ4v) is 6.33. The molecule has 4 heterocycles. The number of nitriles is 1. The van der Waals surface area contributed by atoms with Crippen LogP contribution in [0.2, 0.25) is 0 Å². The average molecular weight is 598 g/mol. The van der Waals surface area contributed by atoms with Gasteiger partial charge in [0.05, 0.1) is 23.4 Å². The van der Waals surface area contributed by atoms with E-state index >= 15 is 0 Å². The van der Waals surface area contributed by atoms with E-state index in [1.165, 1.54) is 0 Å². The van der Waals surface area contributed by atoms with Crippen molar-refractivity contribution >= 4 is 28.6 Å². The zero-order valence-electron chi connectivity index (χ0n) is 26.7. The van der Waals surface area contributed by atoms with Crippen LogP contribution in [0.3, 0.4) is 0 Å². The van der Waals surface area contributed by atoms with Crippen LogP contribution in [0.5, 0.6) is 0 Å². The molecule has 2 aliphatic heterocycles. The number of carbonyl (C=O) groups excluding carboxylic acids is 2. The normalized spacial score (nSPS) is 17.3. The third-order valence-corrected chi connectivity index (χ3v) is 8.91. The Labute approximate surface area is 259 Å². The van der Waals surface area contributed by atoms with Crippen molar-refractivity contribution in [2.75, 3.05) is 31.5 Å². The number of nitrogens with one attached hydrogen (secondary N) is 1. The minimum absolute atomic E-state index is 0.0568. The van der Waals surface area contributed by atoms with E-state index in [9.17, 15) is 14.9 Å². The van der Waals surface area contributed by atoms with Gasteiger partial charge in [0, 0.05) is 60.7 Å². The van der Waals surface area contributed by atoms with E-state index in [0.29, 0.717) is 50.4 Å². The first-order valence-electron chi connectivity index (χ1n) is 15.6. The molecule has 44 heavy (non-hydrogen) atoms. The summed E-state index contributed by atoms with van der Waals surface area (Å²) in [5, 5.41) is 23.8. The van der Waals surface area contributed by atoms with Crippen molar-refractivity contribution in [3.05, 3.63) is 58.5 Å². The molecule has 2 saturated heterocycles. The lowest BCUT2D eigenvalue weighted by Crippen LogP contribution is -2.47. The summed E-state index contributed by atoms with van der Waals surface area (Å²) in [6.07, 6.45) is 4.61. The van der Waals surface area contributed by atoms with Crippen molar-refractivity contribution in [2.45, 2.75) is 84.8 Å². The summed E-state index contributed by atoms with van der Waals surface area (Å²) in [5.41, 5.74) is 3.96. The van der Waals surface area contributed by atoms with Crippen LogP contribution >= 0.6 is 0 Å². The second-order valence-electron chi connectivity index (χ2n) is 13.1. The van der Waals surface area contributed by atoms with Crippen molar-refractivity contribution in [2.24, 2.45) is 5.92 Å². The van der Waals surface area contributed by atoms with Gasteiger partial charge in [-0.25, -0.2) is 4.79 Å². The lowest BCUT2D eigenvalue weighted by atomic mass is 9.90. The number of aromatic nitrogens is 3. The number of pyridine rings is 1. The van der Waals surface area contributed by atoms with Gasteiger partial charge in [-0.1, -0.05) is 12.1 Å². The Hall–Kier alpha value is -4.26. The molecule has 10 nitrogen and oxygen atoms in total. The number of benzene rings is 1. The zero-order chi connectivity index (χ0) is 31.6. The summed E-state index contributed by atoms with van der Waals surface area (Å²) in [4.78, 5) is 34.3. The Morgan fingerprint density at radius 3 is 2.36 bits per heavy atom. The molecule has 1 aromatic carbocycles. The van der Waals surface area contributed by atoms with Gasteiger partial charge < -0.3 is 19.9 Å². The number of rotatable bonds is 5. The highest BCUT2D eigenvalue weighted by molar-refractivity contribution is 5.93. The number of anilines is 1. The van der Waals surface area contributed by atoms with E-state index in [0.717, 1.165) is 46.1 Å². The molecule has 1 atom stereocenters. The van der Waals surface area contributed by atoms with E-state index < -0.39 is 5.60 Å². The molecule has 0 spiro atoms. The molecule has 2 amide bonds. The number of hydrogen-bond donors (Lipinski definition) is 1. The summed E-state index contributed by atoms with van der Waals surface area (Å²) in [6.45, 7) is 14.0. The summed E-state index contributed by atoms with van der Waals surface area (Å²) < 4.78 is 5.50. The van der Waals surface area contributed by atoms with Crippen LogP contribution in [0.4, 0.5) is 10.6 Å². The topological polar surface area (TPSA) is 124 Å². The number of nitrogens with zero attached hydrogens (tertiary/aromatic N) is 6. The largest absolute Gasteiger partial charge is 0.444 e. The predicted molar refractivity (Wildman–Crippen MR) is 169 cm³/mol. The van der Waals surface area contributed by atoms with E-state index in [2.05, 4.69) is 34.6 Å². The van der Waals surface area contributed by atoms with E-state index in [1.54, 1.807) is 4.90 Å². The third kappa shape index (κ3) is 6.77. The quantitative estimate of drug-likeness (QED) is 0.378. The monoisotopic (exact) mass is 597 g/mol. The first-order chi connectivity index (χ1) is 20.9. The van der Waals surface area contributed by atoms with Gasteiger partial charge in [0.25, 0.3) is 0 Å². The Kier molecular flexibility index (Phi) is 9.05. The fourth-order valence-electron chi connectivity index (χ4n) is 6.33. The molecule has 0 radical (unpaired) electrons. The van der Waals surface area contributed by atoms with Crippen LogP contribution in [0.1, 0.15) is 93.4 Å². The van der Waals surface area contributed by atoms with Crippen LogP contribution in [0.15, 0.2) is 30.5 Å². The number of likely N-dealkylation sites (tertiary alicyclic amines) is 2. The predicted octanol–water partition coefficient (Wildman–Crippen LogP) is 6.04. The summed E-state index contributed by atoms with van der Waals surface area (Å²) in [6, 6.07) is 10.1. The second-order valence-corrected chi connectivity index (χ2v) is 13.1. The number of aryl methyl sites for hydroxylation is 1. The molecular weight excluding hydrogens is 554 g/mol. The first-order valence-corrected chi connectivity index (χ1v) is 15.6. The third-order valence-electron chi connectivity index (χ3n) is 8.91. The second kappa shape index (κ2) is 12.8. The molecule has 2 fully saturated rings. The van der Waals surface area contributed by atoms with Crippen molar-refractivity contribution in [1.29, 1.82) is 5.26 Å². The molecule has 5 rings (SSSR count). The highest BCUT2D eigenvalue weighted by atomic mass is 16.6. The highest BCUT2D eigenvalue weighted by Crippen LogP contribution is 2.33. The Balaban J connectivity index is 1.23. The van der Waals surface area contributed by atoms with Crippen LogP contribution in [0, 0.1) is 31.1 Å². The number of hydrogen-bond acceptors (Lipinski definition) is 8. The molecule has 0 bridgehead atoms. The molecule has 232 valence electrons. The molecule has 1 N–H and O–H groups in total. The maximum atomic E-state index is 13.4. The van der Waals surface area contributed by atoms with Crippen molar-refractivity contribution in [3.8, 4) is 6.07 Å². The first kappa shape index (κ1) is 31.2. The number of amides is 2. The highest BCUT2D eigenvalue weighted by Gasteiger charge is 2.34. The molecule has 0 aliphatic carbocycles. The van der Waals surface area contributed by atoms with E-state index in [4.69, 9.17) is 9.72 Å². The molecule has 2 aliphatic rings. The molecule has 0 unspecified atom stereocenters. The zero-order valence-corrected chi connectivity index (χ0v) is 26.7. The van der Waals surface area contributed by atoms with Gasteiger partial charge in [-0.2, -0.15) is 10.4 Å². The van der Waals surface area contributed by atoms with Crippen LogP contribution in [-0.4, -0.2) is 68.8 Å². The number of piperidine rings is 2. The smallest absolute Gasteiger partial charge is 0.410 e. The molecule has 2 aromatic heterocycles. The lowest BCUT2D eigenvalue weighted by molar-refractivity contribution is -0.138. The fraction of sp³-hybridized carbons (Fsp3) is 0.529. The van der Waals surface area contributed by atoms with Gasteiger partial charge in [-0.3, -0.25) is 9.78 Å². The molecular formula is C34H43N7O3. The van der Waals surface area contributed by atoms with Crippen LogP contribution in [0.25, 0.3) is 10.8 Å². The van der Waals surface area contributed by atoms with Gasteiger partial charge in [-0.15, -0.1) is 5.10 Å². The minimum atomic E-state index is -0.527. The van der Waals surface area contributed by atoms with E-state index in [-0.39, 0.29) is 29.9 Å². The number of carbonyl (C=O) groups is 2. The standard InChI is InChI=1S/C34H43N7O3/c1-21-26(19-35)8-7-9-27(21)22(2)37-31-28-18-30(36-20-29(28)23(3)38-39-31)24-10-14-40(15-11-24)32(42)25-12-16-41(17-13-25)33(43)44-34(4,5)6/h7-9,18,20,22,24-25H,10-17H2,1-6H3,(H,37,39)/t22-/m1/s1. The van der Waals surface area contributed by atoms with Gasteiger partial charge in [0.2, 0.25) is 5.91 Å². The van der Waals surface area contributed by atoms with Crippen LogP contribution in [-0.2, 0) is 9.53 Å². The Morgan fingerprint density at radius 1 is 1.02 bits per heavy atom. The lowest BCUT2D eigenvalue weighted by Gasteiger charge is -2.37. The SMILES string of the molecule is Cc1c(C#N)cccc1[C@@H](C)Nc1nnc(C)c2cnc(C3CCN(C(=O)C4CCN(C(=O)OC(C)(C)C)CC4)CC3)cc12. The minimum Gasteiger partial charge on any atom is -0.444 e.